The van der Waals surface area contributed by atoms with Crippen LogP contribution in [0.1, 0.15) is 12.8 Å². The summed E-state index contributed by atoms with van der Waals surface area (Å²) in [6, 6.07) is 2.93. The number of aromatic nitrogens is 2. The second kappa shape index (κ2) is 4.27. The van der Waals surface area contributed by atoms with Crippen molar-refractivity contribution >= 4 is 40.0 Å². The molecular formula is C10H11ClIN3O. The molecule has 2 aliphatic heterocycles. The van der Waals surface area contributed by atoms with Gasteiger partial charge in [-0.25, -0.2) is 0 Å². The van der Waals surface area contributed by atoms with Crippen molar-refractivity contribution in [2.75, 3.05) is 18.1 Å². The Morgan fingerprint density at radius 3 is 2.62 bits per heavy atom. The summed E-state index contributed by atoms with van der Waals surface area (Å²) in [5.74, 6) is 0.935. The van der Waals surface area contributed by atoms with Crippen LogP contribution < -0.4 is 4.90 Å². The number of rotatable bonds is 1. The van der Waals surface area contributed by atoms with E-state index in [1.807, 2.05) is 6.07 Å². The second-order valence-corrected chi connectivity index (χ2v) is 5.69. The van der Waals surface area contributed by atoms with E-state index in [9.17, 15) is 0 Å². The fourth-order valence-electron chi connectivity index (χ4n) is 2.47. The molecule has 0 aliphatic carbocycles. The lowest BCUT2D eigenvalue weighted by Crippen LogP contribution is -2.46. The van der Waals surface area contributed by atoms with Crippen molar-refractivity contribution in [3.05, 3.63) is 14.8 Å². The lowest BCUT2D eigenvalue weighted by Gasteiger charge is -2.35. The maximum absolute atomic E-state index is 5.88. The van der Waals surface area contributed by atoms with Gasteiger partial charge in [0, 0.05) is 0 Å². The van der Waals surface area contributed by atoms with E-state index >= 15 is 0 Å². The Morgan fingerprint density at radius 2 is 2.00 bits per heavy atom. The summed E-state index contributed by atoms with van der Waals surface area (Å²) in [6.45, 7) is 1.61. The summed E-state index contributed by atoms with van der Waals surface area (Å²) in [6.07, 6.45) is 2.37. The van der Waals surface area contributed by atoms with Crippen molar-refractivity contribution in [2.45, 2.75) is 24.9 Å². The van der Waals surface area contributed by atoms with Gasteiger partial charge in [-0.3, -0.25) is 0 Å². The molecule has 16 heavy (non-hydrogen) atoms. The SMILES string of the molecule is Clc1nnc(N2C3CCC2COC3)cc1I. The van der Waals surface area contributed by atoms with Gasteiger partial charge in [-0.05, 0) is 41.5 Å². The monoisotopic (exact) mass is 351 g/mol. The van der Waals surface area contributed by atoms with Crippen LogP contribution in [0.3, 0.4) is 0 Å². The van der Waals surface area contributed by atoms with Crippen LogP contribution in [0, 0.1) is 3.57 Å². The summed E-state index contributed by atoms with van der Waals surface area (Å²) in [5, 5.41) is 8.64. The van der Waals surface area contributed by atoms with Crippen molar-refractivity contribution in [3.8, 4) is 0 Å². The Balaban J connectivity index is 1.94. The van der Waals surface area contributed by atoms with Gasteiger partial charge in [-0.1, -0.05) is 11.6 Å². The van der Waals surface area contributed by atoms with Gasteiger partial charge in [0.15, 0.2) is 11.0 Å². The Bertz CT molecular complexity index is 401. The van der Waals surface area contributed by atoms with E-state index in [4.69, 9.17) is 16.3 Å². The maximum Gasteiger partial charge on any atom is 0.165 e. The molecule has 0 amide bonds. The van der Waals surface area contributed by atoms with Gasteiger partial charge in [0.2, 0.25) is 0 Å². The summed E-state index contributed by atoms with van der Waals surface area (Å²) in [4.78, 5) is 2.34. The first-order chi connectivity index (χ1) is 7.75. The van der Waals surface area contributed by atoms with Crippen molar-refractivity contribution in [3.63, 3.8) is 0 Å². The van der Waals surface area contributed by atoms with E-state index in [0.29, 0.717) is 17.2 Å². The smallest absolute Gasteiger partial charge is 0.165 e. The third-order valence-corrected chi connectivity index (χ3v) is 4.62. The van der Waals surface area contributed by atoms with Crippen LogP contribution in [-0.2, 0) is 4.74 Å². The summed E-state index contributed by atoms with van der Waals surface area (Å²) >= 11 is 8.07. The highest BCUT2D eigenvalue weighted by atomic mass is 127. The highest BCUT2D eigenvalue weighted by Gasteiger charge is 2.38. The third kappa shape index (κ3) is 1.78. The molecule has 0 spiro atoms. The minimum absolute atomic E-state index is 0.463. The summed E-state index contributed by atoms with van der Waals surface area (Å²) < 4.78 is 6.50. The first kappa shape index (κ1) is 11.0. The average molecular weight is 352 g/mol. The van der Waals surface area contributed by atoms with Crippen molar-refractivity contribution in [1.29, 1.82) is 0 Å². The third-order valence-electron chi connectivity index (χ3n) is 3.20. The molecule has 2 saturated heterocycles. The van der Waals surface area contributed by atoms with E-state index in [-0.39, 0.29) is 0 Å². The molecule has 2 fully saturated rings. The van der Waals surface area contributed by atoms with Gasteiger partial charge < -0.3 is 9.64 Å². The van der Waals surface area contributed by atoms with Crippen LogP contribution in [0.25, 0.3) is 0 Å². The van der Waals surface area contributed by atoms with Gasteiger partial charge in [-0.2, -0.15) is 0 Å². The largest absolute Gasteiger partial charge is 0.377 e. The zero-order valence-electron chi connectivity index (χ0n) is 8.57. The molecule has 4 nitrogen and oxygen atoms in total. The van der Waals surface area contributed by atoms with Crippen LogP contribution >= 0.6 is 34.2 Å². The Morgan fingerprint density at radius 1 is 1.31 bits per heavy atom. The van der Waals surface area contributed by atoms with Crippen LogP contribution in [0.15, 0.2) is 6.07 Å². The van der Waals surface area contributed by atoms with E-state index in [1.54, 1.807) is 0 Å². The number of hydrogen-bond donors (Lipinski definition) is 0. The first-order valence-corrected chi connectivity index (χ1v) is 6.76. The number of anilines is 1. The highest BCUT2D eigenvalue weighted by Crippen LogP contribution is 2.33. The molecular weight excluding hydrogens is 340 g/mol. The molecule has 0 radical (unpaired) electrons. The van der Waals surface area contributed by atoms with Gasteiger partial charge in [0.05, 0.1) is 28.9 Å². The summed E-state index contributed by atoms with van der Waals surface area (Å²) in [5.41, 5.74) is 0. The number of hydrogen-bond acceptors (Lipinski definition) is 4. The van der Waals surface area contributed by atoms with Crippen LogP contribution in [0.5, 0.6) is 0 Å². The molecule has 2 aliphatic rings. The fraction of sp³-hybridized carbons (Fsp3) is 0.600. The quantitative estimate of drug-likeness (QED) is 0.726. The molecule has 1 aromatic heterocycles. The molecule has 2 unspecified atom stereocenters. The lowest BCUT2D eigenvalue weighted by molar-refractivity contribution is 0.0901. The number of ether oxygens (including phenoxy) is 1. The average Bonchev–Trinajstić information content (AvgIpc) is 2.53. The van der Waals surface area contributed by atoms with Crippen molar-refractivity contribution in [1.82, 2.24) is 10.2 Å². The molecule has 6 heteroatoms. The fourth-order valence-corrected chi connectivity index (χ4v) is 2.95. The van der Waals surface area contributed by atoms with E-state index in [1.165, 1.54) is 12.8 Å². The highest BCUT2D eigenvalue weighted by molar-refractivity contribution is 14.1. The van der Waals surface area contributed by atoms with Crippen LogP contribution in [0.4, 0.5) is 5.82 Å². The zero-order valence-corrected chi connectivity index (χ0v) is 11.5. The number of morpholine rings is 1. The van der Waals surface area contributed by atoms with Gasteiger partial charge in [0.25, 0.3) is 0 Å². The molecule has 86 valence electrons. The van der Waals surface area contributed by atoms with Crippen molar-refractivity contribution < 1.29 is 4.74 Å². The molecule has 0 aromatic carbocycles. The molecule has 2 bridgehead atoms. The number of nitrogens with zero attached hydrogens (tertiary/aromatic N) is 3. The molecule has 0 saturated carbocycles. The topological polar surface area (TPSA) is 38.2 Å². The normalized spacial score (nSPS) is 28.5. The van der Waals surface area contributed by atoms with Crippen LogP contribution in [-0.4, -0.2) is 35.5 Å². The maximum atomic E-state index is 5.88. The molecule has 0 N–H and O–H groups in total. The minimum Gasteiger partial charge on any atom is -0.377 e. The zero-order chi connectivity index (χ0) is 11.1. The second-order valence-electron chi connectivity index (χ2n) is 4.17. The standard InChI is InChI=1S/C10H11ClIN3O/c11-10-8(12)3-9(13-14-10)15-6-1-2-7(15)5-16-4-6/h3,6-7H,1-2,4-5H2. The number of fused-ring (bicyclic) bond motifs is 2. The van der Waals surface area contributed by atoms with E-state index in [2.05, 4.69) is 37.7 Å². The van der Waals surface area contributed by atoms with E-state index in [0.717, 1.165) is 22.6 Å². The van der Waals surface area contributed by atoms with Gasteiger partial charge >= 0.3 is 0 Å². The minimum atomic E-state index is 0.463. The Labute approximate surface area is 112 Å². The molecule has 1 aromatic rings. The summed E-state index contributed by atoms with van der Waals surface area (Å²) in [7, 11) is 0. The van der Waals surface area contributed by atoms with Gasteiger partial charge in [0.1, 0.15) is 0 Å². The van der Waals surface area contributed by atoms with Crippen molar-refractivity contribution in [2.24, 2.45) is 0 Å². The lowest BCUT2D eigenvalue weighted by atomic mass is 10.2. The predicted molar refractivity (Wildman–Crippen MR) is 69.9 cm³/mol. The van der Waals surface area contributed by atoms with Gasteiger partial charge in [-0.15, -0.1) is 10.2 Å². The molecule has 3 heterocycles. The molecule has 3 rings (SSSR count). The predicted octanol–water partition coefficient (Wildman–Crippen LogP) is 2.10. The first-order valence-electron chi connectivity index (χ1n) is 5.30. The van der Waals surface area contributed by atoms with Crippen LogP contribution in [0.2, 0.25) is 5.15 Å². The Kier molecular flexibility index (Phi) is 2.93. The van der Waals surface area contributed by atoms with E-state index < -0.39 is 0 Å². The molecule has 2 atom stereocenters. The Hall–Kier alpha value is -0.140. The number of halogens is 2.